The third-order valence-electron chi connectivity index (χ3n) is 2.45. The summed E-state index contributed by atoms with van der Waals surface area (Å²) in [6.07, 6.45) is 2.64. The first-order valence-electron chi connectivity index (χ1n) is 6.48. The summed E-state index contributed by atoms with van der Waals surface area (Å²) in [5.41, 5.74) is 0. The van der Waals surface area contributed by atoms with E-state index < -0.39 is 7.82 Å². The van der Waals surface area contributed by atoms with Crippen molar-refractivity contribution in [1.82, 2.24) is 0 Å². The second-order valence-corrected chi connectivity index (χ2v) is 5.49. The summed E-state index contributed by atoms with van der Waals surface area (Å²) in [7, 11) is -4.18. The molecule has 0 N–H and O–H groups in total. The number of hydrogen-bond acceptors (Lipinski definition) is 4. The molecule has 5 nitrogen and oxygen atoms in total. The highest BCUT2D eigenvalue weighted by atomic mass is 31.2. The van der Waals surface area contributed by atoms with E-state index in [-0.39, 0.29) is 11.3 Å². The standard InChI is InChI=1S/C11H26NO4P/c1-5-9-12(10-6-2,11-7-3)16-17(13,14)15-8-4/h5-11H2,1-4H3. The van der Waals surface area contributed by atoms with E-state index in [1.807, 2.05) is 20.8 Å². The van der Waals surface area contributed by atoms with Gasteiger partial charge in [0, 0.05) is 0 Å². The third-order valence-corrected chi connectivity index (χ3v) is 3.57. The van der Waals surface area contributed by atoms with Crippen molar-refractivity contribution < 1.29 is 23.3 Å². The molecule has 6 heteroatoms. The summed E-state index contributed by atoms with van der Waals surface area (Å²) >= 11 is 0. The summed E-state index contributed by atoms with van der Waals surface area (Å²) in [5.74, 6) is 0. The van der Waals surface area contributed by atoms with Crippen LogP contribution in [-0.2, 0) is 13.7 Å². The second kappa shape index (κ2) is 8.22. The second-order valence-electron chi connectivity index (χ2n) is 4.18. The lowest BCUT2D eigenvalue weighted by Crippen LogP contribution is -2.49. The number of hydroxylamine groups is 3. The molecule has 0 radical (unpaired) electrons. The molecule has 1 atom stereocenters. The van der Waals surface area contributed by atoms with Gasteiger partial charge in [0.15, 0.2) is 0 Å². The Morgan fingerprint density at radius 3 is 1.71 bits per heavy atom. The van der Waals surface area contributed by atoms with Gasteiger partial charge in [0.05, 0.1) is 6.61 Å². The zero-order valence-electron chi connectivity index (χ0n) is 11.5. The van der Waals surface area contributed by atoms with Crippen molar-refractivity contribution in [1.29, 1.82) is 0 Å². The van der Waals surface area contributed by atoms with Gasteiger partial charge < -0.3 is 9.42 Å². The number of quaternary nitrogens is 1. The number of rotatable bonds is 10. The summed E-state index contributed by atoms with van der Waals surface area (Å²) in [5, 5.41) is 0. The normalized spacial score (nSPS) is 15.8. The van der Waals surface area contributed by atoms with Crippen LogP contribution in [0.15, 0.2) is 0 Å². The molecule has 0 aliphatic heterocycles. The molecule has 0 aromatic heterocycles. The first-order chi connectivity index (χ1) is 7.95. The highest BCUT2D eigenvalue weighted by molar-refractivity contribution is 7.45. The molecule has 0 saturated carbocycles. The first-order valence-corrected chi connectivity index (χ1v) is 7.94. The van der Waals surface area contributed by atoms with Crippen molar-refractivity contribution in [3.05, 3.63) is 0 Å². The Morgan fingerprint density at radius 2 is 1.41 bits per heavy atom. The highest BCUT2D eigenvalue weighted by Crippen LogP contribution is 2.42. The summed E-state index contributed by atoms with van der Waals surface area (Å²) in [4.78, 5) is 11.6. The number of phosphoric ester groups is 1. The van der Waals surface area contributed by atoms with Crippen LogP contribution in [-0.4, -0.2) is 30.9 Å². The van der Waals surface area contributed by atoms with Crippen LogP contribution in [0.4, 0.5) is 0 Å². The monoisotopic (exact) mass is 267 g/mol. The highest BCUT2D eigenvalue weighted by Gasteiger charge is 2.32. The Balaban J connectivity index is 4.80. The molecule has 0 heterocycles. The molecule has 0 spiro atoms. The Bertz CT molecular complexity index is 231. The van der Waals surface area contributed by atoms with Crippen molar-refractivity contribution in [3.8, 4) is 0 Å². The molecule has 0 rings (SSSR count). The molecule has 0 aliphatic rings. The number of nitrogens with zero attached hydrogens (tertiary/aromatic N) is 1. The summed E-state index contributed by atoms with van der Waals surface area (Å²) in [6.45, 7) is 9.92. The van der Waals surface area contributed by atoms with Gasteiger partial charge in [-0.05, 0) is 26.2 Å². The van der Waals surface area contributed by atoms with Gasteiger partial charge in [-0.3, -0.25) is 4.57 Å². The summed E-state index contributed by atoms with van der Waals surface area (Å²) in [6, 6.07) is 0. The van der Waals surface area contributed by atoms with Gasteiger partial charge in [-0.1, -0.05) is 20.8 Å². The van der Waals surface area contributed by atoms with Crippen molar-refractivity contribution in [2.45, 2.75) is 47.0 Å². The van der Waals surface area contributed by atoms with E-state index in [0.717, 1.165) is 19.3 Å². The number of phosphoric acid groups is 1. The zero-order chi connectivity index (χ0) is 13.4. The van der Waals surface area contributed by atoms with Crippen molar-refractivity contribution in [2.75, 3.05) is 26.2 Å². The van der Waals surface area contributed by atoms with E-state index in [1.54, 1.807) is 6.92 Å². The fourth-order valence-corrected chi connectivity index (χ4v) is 3.11. The number of hydrogen-bond donors (Lipinski definition) is 0. The molecule has 0 amide bonds. The van der Waals surface area contributed by atoms with E-state index in [4.69, 9.17) is 4.62 Å². The van der Waals surface area contributed by atoms with E-state index in [9.17, 15) is 9.46 Å². The van der Waals surface area contributed by atoms with Crippen LogP contribution < -0.4 is 4.89 Å². The largest absolute Gasteiger partial charge is 0.752 e. The first kappa shape index (κ1) is 17.1. The minimum atomic E-state index is -4.18. The maximum atomic E-state index is 11.6. The third kappa shape index (κ3) is 6.53. The predicted molar refractivity (Wildman–Crippen MR) is 66.1 cm³/mol. The zero-order valence-corrected chi connectivity index (χ0v) is 12.4. The van der Waals surface area contributed by atoms with Crippen molar-refractivity contribution in [2.24, 2.45) is 0 Å². The minimum Gasteiger partial charge on any atom is -0.752 e. The average molecular weight is 267 g/mol. The van der Waals surface area contributed by atoms with Gasteiger partial charge in [-0.25, -0.2) is 0 Å². The molecule has 0 aliphatic carbocycles. The average Bonchev–Trinajstić information content (AvgIpc) is 2.17. The van der Waals surface area contributed by atoms with Gasteiger partial charge in [0.1, 0.15) is 19.6 Å². The molecule has 0 aromatic rings. The molecule has 0 bridgehead atoms. The van der Waals surface area contributed by atoms with Gasteiger partial charge in [-0.2, -0.15) is 4.65 Å². The Hall–Kier alpha value is 0.0700. The molecule has 0 fully saturated rings. The maximum Gasteiger partial charge on any atom is 0.325 e. The molecule has 1 unspecified atom stereocenters. The topological polar surface area (TPSA) is 58.6 Å². The van der Waals surface area contributed by atoms with Crippen LogP contribution in [0, 0.1) is 0 Å². The van der Waals surface area contributed by atoms with Crippen LogP contribution in [0.25, 0.3) is 0 Å². The van der Waals surface area contributed by atoms with Crippen LogP contribution in [0.2, 0.25) is 0 Å². The van der Waals surface area contributed by atoms with E-state index >= 15 is 0 Å². The molecule has 0 aromatic carbocycles. The summed E-state index contributed by atoms with van der Waals surface area (Å²) < 4.78 is 21.8. The fraction of sp³-hybridized carbons (Fsp3) is 1.00. The van der Waals surface area contributed by atoms with Crippen LogP contribution in [0.5, 0.6) is 0 Å². The van der Waals surface area contributed by atoms with Crippen molar-refractivity contribution >= 4 is 7.82 Å². The van der Waals surface area contributed by atoms with Crippen LogP contribution >= 0.6 is 7.82 Å². The predicted octanol–water partition coefficient (Wildman–Crippen LogP) is 2.47. The SMILES string of the molecule is CCC[N+](CCC)(CCC)OP(=O)([O-])OCC. The van der Waals surface area contributed by atoms with Crippen LogP contribution in [0.1, 0.15) is 47.0 Å². The van der Waals surface area contributed by atoms with E-state index in [2.05, 4.69) is 4.52 Å². The van der Waals surface area contributed by atoms with E-state index in [1.165, 1.54) is 0 Å². The molecular formula is C11H26NO4P. The van der Waals surface area contributed by atoms with Gasteiger partial charge in [-0.15, -0.1) is 4.62 Å². The minimum absolute atomic E-state index is 0.116. The van der Waals surface area contributed by atoms with Crippen LogP contribution in [0.3, 0.4) is 0 Å². The van der Waals surface area contributed by atoms with E-state index in [0.29, 0.717) is 19.6 Å². The quantitative estimate of drug-likeness (QED) is 0.346. The lowest BCUT2D eigenvalue weighted by molar-refractivity contribution is -1.08. The molecule has 0 saturated heterocycles. The molecule has 17 heavy (non-hydrogen) atoms. The Kier molecular flexibility index (Phi) is 8.25. The van der Waals surface area contributed by atoms with Crippen molar-refractivity contribution in [3.63, 3.8) is 0 Å². The molecular weight excluding hydrogens is 241 g/mol. The Labute approximate surface area is 105 Å². The smallest absolute Gasteiger partial charge is 0.325 e. The lowest BCUT2D eigenvalue weighted by Gasteiger charge is -2.38. The Morgan fingerprint density at radius 1 is 1.00 bits per heavy atom. The lowest BCUT2D eigenvalue weighted by atomic mass is 10.3. The molecule has 104 valence electrons. The fourth-order valence-electron chi connectivity index (χ4n) is 2.07. The van der Waals surface area contributed by atoms with Gasteiger partial charge >= 0.3 is 7.82 Å². The van der Waals surface area contributed by atoms with Gasteiger partial charge in [0.25, 0.3) is 0 Å². The van der Waals surface area contributed by atoms with Gasteiger partial charge in [0.2, 0.25) is 0 Å². The maximum absolute atomic E-state index is 11.6.